The van der Waals surface area contributed by atoms with Crippen LogP contribution in [-0.2, 0) is 0 Å². The molecule has 0 aliphatic heterocycles. The van der Waals surface area contributed by atoms with Gasteiger partial charge in [-0.05, 0) is 31.2 Å². The van der Waals surface area contributed by atoms with Crippen molar-refractivity contribution in [2.45, 2.75) is 25.8 Å². The fourth-order valence-corrected chi connectivity index (χ4v) is 3.08. The zero-order valence-electron chi connectivity index (χ0n) is 14.7. The van der Waals surface area contributed by atoms with Crippen LogP contribution in [0.15, 0.2) is 67.0 Å². The molecule has 1 N–H and O–H groups in total. The van der Waals surface area contributed by atoms with E-state index in [2.05, 4.69) is 46.5 Å². The summed E-state index contributed by atoms with van der Waals surface area (Å²) in [6.07, 6.45) is 5.51. The van der Waals surface area contributed by atoms with Crippen molar-refractivity contribution in [1.29, 1.82) is 0 Å². The van der Waals surface area contributed by atoms with Crippen molar-refractivity contribution >= 4 is 5.91 Å². The summed E-state index contributed by atoms with van der Waals surface area (Å²) in [7, 11) is 0. The molecule has 4 rings (SSSR count). The first-order valence-corrected chi connectivity index (χ1v) is 8.95. The standard InChI is InChI=1S/C22H21N3O/c1-15-7-9-16(10-8-15)20(17-11-12-17)25-22(26)19-13-23-21(24-14-19)18-5-3-2-4-6-18/h2-10,13-14,17,20H,11-12H2,1H3,(H,25,26). The van der Waals surface area contributed by atoms with Crippen LogP contribution in [0.2, 0.25) is 0 Å². The lowest BCUT2D eigenvalue weighted by atomic mass is 10.0. The average molecular weight is 343 g/mol. The molecule has 1 amide bonds. The maximum Gasteiger partial charge on any atom is 0.254 e. The van der Waals surface area contributed by atoms with Gasteiger partial charge in [0.05, 0.1) is 11.6 Å². The van der Waals surface area contributed by atoms with Crippen LogP contribution < -0.4 is 5.32 Å². The van der Waals surface area contributed by atoms with Crippen LogP contribution in [-0.4, -0.2) is 15.9 Å². The normalized spacial score (nSPS) is 14.7. The molecule has 0 saturated heterocycles. The lowest BCUT2D eigenvalue weighted by molar-refractivity contribution is 0.0931. The van der Waals surface area contributed by atoms with E-state index in [4.69, 9.17) is 0 Å². The molecule has 1 unspecified atom stereocenters. The summed E-state index contributed by atoms with van der Waals surface area (Å²) in [6, 6.07) is 18.2. The molecule has 1 fully saturated rings. The van der Waals surface area contributed by atoms with E-state index < -0.39 is 0 Å². The average Bonchev–Trinajstić information content (AvgIpc) is 3.53. The number of carbonyl (C=O) groups excluding carboxylic acids is 1. The summed E-state index contributed by atoms with van der Waals surface area (Å²) in [5.74, 6) is 1.02. The fourth-order valence-electron chi connectivity index (χ4n) is 3.08. The minimum Gasteiger partial charge on any atom is -0.345 e. The van der Waals surface area contributed by atoms with Gasteiger partial charge in [-0.25, -0.2) is 9.97 Å². The summed E-state index contributed by atoms with van der Waals surface area (Å²) >= 11 is 0. The Hall–Kier alpha value is -3.01. The zero-order valence-corrected chi connectivity index (χ0v) is 14.7. The fraction of sp³-hybridized carbons (Fsp3) is 0.227. The minimum absolute atomic E-state index is 0.0527. The van der Waals surface area contributed by atoms with Gasteiger partial charge in [0.1, 0.15) is 0 Å². The highest BCUT2D eigenvalue weighted by molar-refractivity contribution is 5.94. The SMILES string of the molecule is Cc1ccc(C(NC(=O)c2cnc(-c3ccccc3)nc2)C2CC2)cc1. The summed E-state index contributed by atoms with van der Waals surface area (Å²) in [6.45, 7) is 2.07. The van der Waals surface area contributed by atoms with Crippen LogP contribution >= 0.6 is 0 Å². The first kappa shape index (κ1) is 16.5. The topological polar surface area (TPSA) is 54.9 Å². The molecule has 4 heteroatoms. The first-order valence-electron chi connectivity index (χ1n) is 8.95. The van der Waals surface area contributed by atoms with Gasteiger partial charge in [-0.3, -0.25) is 4.79 Å². The Labute approximate surface area is 153 Å². The number of benzene rings is 2. The molecule has 26 heavy (non-hydrogen) atoms. The van der Waals surface area contributed by atoms with Gasteiger partial charge in [0.15, 0.2) is 5.82 Å². The summed E-state index contributed by atoms with van der Waals surface area (Å²) in [4.78, 5) is 21.4. The number of nitrogens with one attached hydrogen (secondary N) is 1. The predicted molar refractivity (Wildman–Crippen MR) is 102 cm³/mol. The van der Waals surface area contributed by atoms with E-state index >= 15 is 0 Å². The second-order valence-corrected chi connectivity index (χ2v) is 6.86. The van der Waals surface area contributed by atoms with Gasteiger partial charge >= 0.3 is 0 Å². The van der Waals surface area contributed by atoms with Gasteiger partial charge in [-0.15, -0.1) is 0 Å². The van der Waals surface area contributed by atoms with Crippen LogP contribution in [0.25, 0.3) is 11.4 Å². The van der Waals surface area contributed by atoms with Crippen LogP contribution in [0.4, 0.5) is 0 Å². The minimum atomic E-state index is -0.123. The lowest BCUT2D eigenvalue weighted by Gasteiger charge is -2.19. The second kappa shape index (κ2) is 7.08. The number of hydrogen-bond acceptors (Lipinski definition) is 3. The Morgan fingerprint density at radius 1 is 1.00 bits per heavy atom. The molecule has 130 valence electrons. The van der Waals surface area contributed by atoms with Gasteiger partial charge in [0.25, 0.3) is 5.91 Å². The van der Waals surface area contributed by atoms with E-state index in [0.717, 1.165) is 24.0 Å². The Morgan fingerprint density at radius 3 is 2.27 bits per heavy atom. The molecule has 2 aromatic carbocycles. The Morgan fingerprint density at radius 2 is 1.65 bits per heavy atom. The molecule has 4 nitrogen and oxygen atoms in total. The number of amides is 1. The maximum absolute atomic E-state index is 12.7. The van der Waals surface area contributed by atoms with Crippen molar-refractivity contribution in [3.63, 3.8) is 0 Å². The van der Waals surface area contributed by atoms with Crippen molar-refractivity contribution in [3.8, 4) is 11.4 Å². The third-order valence-corrected chi connectivity index (χ3v) is 4.76. The number of carbonyl (C=O) groups is 1. The lowest BCUT2D eigenvalue weighted by Crippen LogP contribution is -2.30. The first-order chi connectivity index (χ1) is 12.7. The third-order valence-electron chi connectivity index (χ3n) is 4.76. The Bertz CT molecular complexity index is 885. The molecule has 1 aliphatic carbocycles. The smallest absolute Gasteiger partial charge is 0.254 e. The van der Waals surface area contributed by atoms with E-state index in [-0.39, 0.29) is 11.9 Å². The molecule has 3 aromatic rings. The van der Waals surface area contributed by atoms with Crippen molar-refractivity contribution in [1.82, 2.24) is 15.3 Å². The van der Waals surface area contributed by atoms with Crippen LogP contribution in [0.5, 0.6) is 0 Å². The van der Waals surface area contributed by atoms with Crippen LogP contribution in [0, 0.1) is 12.8 Å². The molecular weight excluding hydrogens is 322 g/mol. The van der Waals surface area contributed by atoms with Crippen molar-refractivity contribution in [2.75, 3.05) is 0 Å². The van der Waals surface area contributed by atoms with E-state index in [1.54, 1.807) is 12.4 Å². The third kappa shape index (κ3) is 3.64. The maximum atomic E-state index is 12.7. The highest BCUT2D eigenvalue weighted by atomic mass is 16.1. The van der Waals surface area contributed by atoms with Crippen LogP contribution in [0.3, 0.4) is 0 Å². The number of aromatic nitrogens is 2. The largest absolute Gasteiger partial charge is 0.345 e. The van der Waals surface area contributed by atoms with E-state index in [1.807, 2.05) is 30.3 Å². The molecule has 0 bridgehead atoms. The van der Waals surface area contributed by atoms with Gasteiger partial charge in [0.2, 0.25) is 0 Å². The molecule has 1 saturated carbocycles. The summed E-state index contributed by atoms with van der Waals surface area (Å²) < 4.78 is 0. The van der Waals surface area contributed by atoms with Crippen molar-refractivity contribution < 1.29 is 4.79 Å². The highest BCUT2D eigenvalue weighted by Gasteiger charge is 2.33. The monoisotopic (exact) mass is 343 g/mol. The van der Waals surface area contributed by atoms with Crippen molar-refractivity contribution in [2.24, 2.45) is 5.92 Å². The number of rotatable bonds is 5. The second-order valence-electron chi connectivity index (χ2n) is 6.86. The molecule has 1 heterocycles. The van der Waals surface area contributed by atoms with Gasteiger partial charge in [-0.1, -0.05) is 60.2 Å². The molecular formula is C22H21N3O. The zero-order chi connectivity index (χ0) is 17.9. The number of aryl methyl sites for hydroxylation is 1. The predicted octanol–water partition coefficient (Wildman–Crippen LogP) is 4.33. The van der Waals surface area contributed by atoms with Crippen LogP contribution in [0.1, 0.15) is 40.4 Å². The van der Waals surface area contributed by atoms with E-state index in [0.29, 0.717) is 17.3 Å². The van der Waals surface area contributed by atoms with Crippen molar-refractivity contribution in [3.05, 3.63) is 83.7 Å². The molecule has 1 aromatic heterocycles. The summed E-state index contributed by atoms with van der Waals surface area (Å²) in [5.41, 5.74) is 3.81. The number of hydrogen-bond donors (Lipinski definition) is 1. The molecule has 0 radical (unpaired) electrons. The van der Waals surface area contributed by atoms with E-state index in [1.165, 1.54) is 5.56 Å². The van der Waals surface area contributed by atoms with Gasteiger partial charge in [-0.2, -0.15) is 0 Å². The van der Waals surface area contributed by atoms with E-state index in [9.17, 15) is 4.79 Å². The number of nitrogens with zero attached hydrogens (tertiary/aromatic N) is 2. The molecule has 0 spiro atoms. The Balaban J connectivity index is 1.50. The molecule has 1 atom stereocenters. The Kier molecular flexibility index (Phi) is 4.48. The molecule has 1 aliphatic rings. The van der Waals surface area contributed by atoms with Gasteiger partial charge in [0, 0.05) is 18.0 Å². The summed E-state index contributed by atoms with van der Waals surface area (Å²) in [5, 5.41) is 3.17. The quantitative estimate of drug-likeness (QED) is 0.750. The highest BCUT2D eigenvalue weighted by Crippen LogP contribution is 2.41. The van der Waals surface area contributed by atoms with Gasteiger partial charge < -0.3 is 5.32 Å².